The lowest BCUT2D eigenvalue weighted by atomic mass is 10.0. The highest BCUT2D eigenvalue weighted by molar-refractivity contribution is 14.0. The van der Waals surface area contributed by atoms with Crippen molar-refractivity contribution in [3.63, 3.8) is 0 Å². The molecule has 0 amide bonds. The fraction of sp³-hybridized carbons (Fsp3) is 0.458. The Morgan fingerprint density at radius 1 is 1.03 bits per heavy atom. The summed E-state index contributed by atoms with van der Waals surface area (Å²) in [5.74, 6) is 2.58. The van der Waals surface area contributed by atoms with Crippen LogP contribution in [-0.4, -0.2) is 71.5 Å². The van der Waals surface area contributed by atoms with Gasteiger partial charge in [-0.3, -0.25) is 9.89 Å². The molecule has 2 aromatic rings. The molecule has 1 fully saturated rings. The molecule has 3 rings (SSSR count). The summed E-state index contributed by atoms with van der Waals surface area (Å²) >= 11 is 0. The van der Waals surface area contributed by atoms with Gasteiger partial charge < -0.3 is 24.8 Å². The number of methoxy groups -OCH3 is 2. The molecule has 1 saturated heterocycles. The standard InChI is InChI=1S/C24H34N4O3.HI/c1-25-24(26-13-12-20-6-4-5-7-23(20)30-3)27-18-22(28-14-16-31-17-15-28)19-8-10-21(29-2)11-9-19;/h4-11,22H,12-18H2,1-3H3,(H2,25,26,27);1H. The smallest absolute Gasteiger partial charge is 0.191 e. The first kappa shape index (κ1) is 26.2. The topological polar surface area (TPSA) is 67.4 Å². The minimum atomic E-state index is 0. The van der Waals surface area contributed by atoms with E-state index in [1.807, 2.05) is 30.3 Å². The van der Waals surface area contributed by atoms with Gasteiger partial charge in [0.2, 0.25) is 0 Å². The second-order valence-corrected chi connectivity index (χ2v) is 7.38. The lowest BCUT2D eigenvalue weighted by Gasteiger charge is -2.35. The van der Waals surface area contributed by atoms with Crippen molar-refractivity contribution in [3.8, 4) is 11.5 Å². The van der Waals surface area contributed by atoms with Crippen LogP contribution in [0.1, 0.15) is 17.2 Å². The molecule has 1 aliphatic heterocycles. The number of ether oxygens (including phenoxy) is 3. The van der Waals surface area contributed by atoms with Crippen molar-refractivity contribution in [1.82, 2.24) is 15.5 Å². The molecule has 0 aromatic heterocycles. The van der Waals surface area contributed by atoms with Gasteiger partial charge in [0.1, 0.15) is 11.5 Å². The molecule has 1 atom stereocenters. The Hall–Kier alpha value is -2.04. The van der Waals surface area contributed by atoms with E-state index in [0.717, 1.165) is 63.3 Å². The monoisotopic (exact) mass is 554 g/mol. The zero-order chi connectivity index (χ0) is 21.9. The summed E-state index contributed by atoms with van der Waals surface area (Å²) in [4.78, 5) is 6.86. The summed E-state index contributed by atoms with van der Waals surface area (Å²) in [5.41, 5.74) is 2.43. The number of hydrogen-bond acceptors (Lipinski definition) is 5. The Morgan fingerprint density at radius 2 is 1.75 bits per heavy atom. The van der Waals surface area contributed by atoms with Gasteiger partial charge in [-0.15, -0.1) is 24.0 Å². The second-order valence-electron chi connectivity index (χ2n) is 7.38. The maximum atomic E-state index is 5.55. The molecule has 1 aliphatic rings. The summed E-state index contributed by atoms with van der Waals surface area (Å²) in [6.07, 6.45) is 0.857. The number of guanidine groups is 1. The molecule has 0 saturated carbocycles. The van der Waals surface area contributed by atoms with E-state index in [1.54, 1.807) is 21.3 Å². The van der Waals surface area contributed by atoms with E-state index in [1.165, 1.54) is 11.1 Å². The van der Waals surface area contributed by atoms with Gasteiger partial charge in [0.25, 0.3) is 0 Å². The first-order valence-electron chi connectivity index (χ1n) is 10.8. The van der Waals surface area contributed by atoms with Gasteiger partial charge in [-0.05, 0) is 35.7 Å². The van der Waals surface area contributed by atoms with E-state index in [4.69, 9.17) is 14.2 Å². The fourth-order valence-electron chi connectivity index (χ4n) is 3.81. The number of aliphatic imine (C=N–C) groups is 1. The number of nitrogens with one attached hydrogen (secondary N) is 2. The van der Waals surface area contributed by atoms with Crippen molar-refractivity contribution in [3.05, 3.63) is 59.7 Å². The van der Waals surface area contributed by atoms with Gasteiger partial charge in [0.05, 0.1) is 33.5 Å². The number of halogens is 1. The van der Waals surface area contributed by atoms with E-state index >= 15 is 0 Å². The predicted octanol–water partition coefficient (Wildman–Crippen LogP) is 3.10. The normalized spacial score (nSPS) is 15.4. The Morgan fingerprint density at radius 3 is 2.41 bits per heavy atom. The van der Waals surface area contributed by atoms with Crippen LogP contribution in [0.5, 0.6) is 11.5 Å². The quantitative estimate of drug-likeness (QED) is 0.282. The summed E-state index contributed by atoms with van der Waals surface area (Å²) in [6.45, 7) is 4.87. The van der Waals surface area contributed by atoms with Crippen LogP contribution >= 0.6 is 24.0 Å². The average molecular weight is 554 g/mol. The van der Waals surface area contributed by atoms with Crippen molar-refractivity contribution >= 4 is 29.9 Å². The SMILES string of the molecule is CN=C(NCCc1ccccc1OC)NCC(c1ccc(OC)cc1)N1CCOCC1.I. The molecule has 1 heterocycles. The van der Waals surface area contributed by atoms with Gasteiger partial charge in [-0.25, -0.2) is 0 Å². The van der Waals surface area contributed by atoms with E-state index in [0.29, 0.717) is 0 Å². The molecule has 2 N–H and O–H groups in total. The predicted molar refractivity (Wildman–Crippen MR) is 140 cm³/mol. The number of hydrogen-bond donors (Lipinski definition) is 2. The molecule has 2 aromatic carbocycles. The number of rotatable bonds is 9. The molecular weight excluding hydrogens is 519 g/mol. The van der Waals surface area contributed by atoms with Crippen molar-refractivity contribution in [2.75, 3.05) is 60.7 Å². The summed E-state index contributed by atoms with van der Waals surface area (Å²) < 4.78 is 16.3. The Bertz CT molecular complexity index is 826. The van der Waals surface area contributed by atoms with Gasteiger partial charge in [0.15, 0.2) is 5.96 Å². The lowest BCUT2D eigenvalue weighted by molar-refractivity contribution is 0.0170. The van der Waals surface area contributed by atoms with Crippen LogP contribution in [0.25, 0.3) is 0 Å². The lowest BCUT2D eigenvalue weighted by Crippen LogP contribution is -2.46. The van der Waals surface area contributed by atoms with Crippen LogP contribution in [0, 0.1) is 0 Å². The maximum absolute atomic E-state index is 5.55. The molecule has 176 valence electrons. The maximum Gasteiger partial charge on any atom is 0.191 e. The molecule has 0 radical (unpaired) electrons. The van der Waals surface area contributed by atoms with E-state index in [9.17, 15) is 0 Å². The minimum absolute atomic E-state index is 0. The summed E-state index contributed by atoms with van der Waals surface area (Å²) in [6, 6.07) is 16.6. The average Bonchev–Trinajstić information content (AvgIpc) is 2.84. The van der Waals surface area contributed by atoms with Crippen molar-refractivity contribution in [2.24, 2.45) is 4.99 Å². The van der Waals surface area contributed by atoms with Crippen LogP contribution in [0.15, 0.2) is 53.5 Å². The van der Waals surface area contributed by atoms with Gasteiger partial charge in [-0.2, -0.15) is 0 Å². The zero-order valence-corrected chi connectivity index (χ0v) is 21.5. The van der Waals surface area contributed by atoms with Crippen LogP contribution in [-0.2, 0) is 11.2 Å². The van der Waals surface area contributed by atoms with Gasteiger partial charge >= 0.3 is 0 Å². The minimum Gasteiger partial charge on any atom is -0.497 e. The third-order valence-electron chi connectivity index (χ3n) is 5.55. The number of nitrogens with zero attached hydrogens (tertiary/aromatic N) is 2. The fourth-order valence-corrected chi connectivity index (χ4v) is 3.81. The van der Waals surface area contributed by atoms with Crippen molar-refractivity contribution in [2.45, 2.75) is 12.5 Å². The highest BCUT2D eigenvalue weighted by Crippen LogP contribution is 2.23. The van der Waals surface area contributed by atoms with Crippen LogP contribution in [0.2, 0.25) is 0 Å². The molecular formula is C24H35IN4O3. The number of para-hydroxylation sites is 1. The molecule has 1 unspecified atom stereocenters. The largest absolute Gasteiger partial charge is 0.497 e. The highest BCUT2D eigenvalue weighted by atomic mass is 127. The van der Waals surface area contributed by atoms with Crippen LogP contribution < -0.4 is 20.1 Å². The van der Waals surface area contributed by atoms with Crippen molar-refractivity contribution in [1.29, 1.82) is 0 Å². The molecule has 7 nitrogen and oxygen atoms in total. The van der Waals surface area contributed by atoms with Crippen molar-refractivity contribution < 1.29 is 14.2 Å². The van der Waals surface area contributed by atoms with Gasteiger partial charge in [0, 0.05) is 33.2 Å². The summed E-state index contributed by atoms with van der Waals surface area (Å²) in [5, 5.41) is 6.92. The van der Waals surface area contributed by atoms with Crippen LogP contribution in [0.3, 0.4) is 0 Å². The van der Waals surface area contributed by atoms with E-state index < -0.39 is 0 Å². The molecule has 0 spiro atoms. The molecule has 32 heavy (non-hydrogen) atoms. The summed E-state index contributed by atoms with van der Waals surface area (Å²) in [7, 11) is 5.20. The van der Waals surface area contributed by atoms with Gasteiger partial charge in [-0.1, -0.05) is 30.3 Å². The third kappa shape index (κ3) is 7.53. The van der Waals surface area contributed by atoms with Crippen LogP contribution in [0.4, 0.5) is 0 Å². The zero-order valence-electron chi connectivity index (χ0n) is 19.2. The number of benzene rings is 2. The Labute approximate surface area is 208 Å². The Balaban J connectivity index is 0.00000363. The Kier molecular flexibility index (Phi) is 11.6. The second kappa shape index (κ2) is 14.2. The molecule has 0 bridgehead atoms. The number of morpholine rings is 1. The first-order chi connectivity index (χ1) is 15.2. The van der Waals surface area contributed by atoms with E-state index in [-0.39, 0.29) is 30.0 Å². The molecule has 0 aliphatic carbocycles. The molecule has 8 heteroatoms. The highest BCUT2D eigenvalue weighted by Gasteiger charge is 2.23. The first-order valence-corrected chi connectivity index (χ1v) is 10.8. The third-order valence-corrected chi connectivity index (χ3v) is 5.55. The van der Waals surface area contributed by atoms with E-state index in [2.05, 4.69) is 38.7 Å².